The van der Waals surface area contributed by atoms with Crippen molar-refractivity contribution in [2.75, 3.05) is 19.6 Å². The van der Waals surface area contributed by atoms with Gasteiger partial charge in [0.2, 0.25) is 0 Å². The van der Waals surface area contributed by atoms with Gasteiger partial charge in [0.15, 0.2) is 0 Å². The molecule has 0 aliphatic heterocycles. The molecule has 15 heavy (non-hydrogen) atoms. The summed E-state index contributed by atoms with van der Waals surface area (Å²) in [7, 11) is 0. The van der Waals surface area contributed by atoms with Crippen molar-refractivity contribution in [1.82, 2.24) is 9.88 Å². The van der Waals surface area contributed by atoms with Crippen LogP contribution in [0.25, 0.3) is 0 Å². The van der Waals surface area contributed by atoms with Gasteiger partial charge in [-0.25, -0.2) is 0 Å². The van der Waals surface area contributed by atoms with E-state index in [1.54, 1.807) is 0 Å². The van der Waals surface area contributed by atoms with Crippen molar-refractivity contribution in [1.29, 1.82) is 0 Å². The Morgan fingerprint density at radius 1 is 1.53 bits per heavy atom. The highest BCUT2D eigenvalue weighted by molar-refractivity contribution is 5.08. The number of hydrogen-bond donors (Lipinski definition) is 1. The van der Waals surface area contributed by atoms with E-state index in [1.807, 2.05) is 18.5 Å². The molecule has 0 aliphatic rings. The summed E-state index contributed by atoms with van der Waals surface area (Å²) in [4.78, 5) is 6.52. The average molecular weight is 207 g/mol. The minimum atomic E-state index is 0.557. The second-order valence-electron chi connectivity index (χ2n) is 4.03. The minimum absolute atomic E-state index is 0.557. The number of nitrogens with zero attached hydrogens (tertiary/aromatic N) is 2. The molecule has 1 atom stereocenters. The van der Waals surface area contributed by atoms with Gasteiger partial charge in [0.25, 0.3) is 0 Å². The van der Waals surface area contributed by atoms with E-state index in [1.165, 1.54) is 5.56 Å². The van der Waals surface area contributed by atoms with Gasteiger partial charge in [-0.15, -0.1) is 0 Å². The fourth-order valence-corrected chi connectivity index (χ4v) is 1.57. The van der Waals surface area contributed by atoms with Crippen molar-refractivity contribution >= 4 is 0 Å². The lowest BCUT2D eigenvalue weighted by molar-refractivity contribution is 0.243. The number of rotatable bonds is 6. The van der Waals surface area contributed by atoms with Crippen LogP contribution in [0.3, 0.4) is 0 Å². The highest BCUT2D eigenvalue weighted by Crippen LogP contribution is 2.05. The van der Waals surface area contributed by atoms with Crippen LogP contribution >= 0.6 is 0 Å². The van der Waals surface area contributed by atoms with Crippen LogP contribution in [0, 0.1) is 5.92 Å². The number of pyridine rings is 1. The smallest absolute Gasteiger partial charge is 0.0312 e. The molecule has 1 heterocycles. The van der Waals surface area contributed by atoms with Crippen LogP contribution in [0.15, 0.2) is 24.5 Å². The fourth-order valence-electron chi connectivity index (χ4n) is 1.57. The first-order chi connectivity index (χ1) is 7.26. The van der Waals surface area contributed by atoms with Crippen LogP contribution in [0.5, 0.6) is 0 Å². The molecule has 0 aromatic carbocycles. The van der Waals surface area contributed by atoms with Gasteiger partial charge in [-0.1, -0.05) is 19.9 Å². The summed E-state index contributed by atoms with van der Waals surface area (Å²) in [5.41, 5.74) is 6.90. The molecule has 2 N–H and O–H groups in total. The molecule has 1 aromatic rings. The summed E-state index contributed by atoms with van der Waals surface area (Å²) in [6, 6.07) is 4.10. The zero-order chi connectivity index (χ0) is 11.1. The Bertz CT molecular complexity index is 261. The first-order valence-electron chi connectivity index (χ1n) is 5.57. The Morgan fingerprint density at radius 2 is 2.33 bits per heavy atom. The van der Waals surface area contributed by atoms with Crippen molar-refractivity contribution in [3.05, 3.63) is 30.1 Å². The van der Waals surface area contributed by atoms with E-state index in [4.69, 9.17) is 5.73 Å². The second kappa shape index (κ2) is 6.53. The molecule has 0 saturated carbocycles. The summed E-state index contributed by atoms with van der Waals surface area (Å²) < 4.78 is 0. The first kappa shape index (κ1) is 12.1. The molecule has 0 radical (unpaired) electrons. The highest BCUT2D eigenvalue weighted by atomic mass is 15.1. The van der Waals surface area contributed by atoms with Crippen molar-refractivity contribution < 1.29 is 0 Å². The summed E-state index contributed by atoms with van der Waals surface area (Å²) in [6.07, 6.45) is 3.73. The average Bonchev–Trinajstić information content (AvgIpc) is 2.29. The third-order valence-corrected chi connectivity index (χ3v) is 2.55. The molecule has 1 unspecified atom stereocenters. The van der Waals surface area contributed by atoms with Crippen LogP contribution in [0.4, 0.5) is 0 Å². The quantitative estimate of drug-likeness (QED) is 0.768. The molecule has 0 bridgehead atoms. The third kappa shape index (κ3) is 4.40. The molecule has 3 heteroatoms. The number of nitrogens with two attached hydrogens (primary N) is 1. The SMILES string of the molecule is CCN(Cc1cccnc1)CC(C)CN. The van der Waals surface area contributed by atoms with Crippen molar-refractivity contribution in [2.45, 2.75) is 20.4 Å². The maximum Gasteiger partial charge on any atom is 0.0312 e. The Hall–Kier alpha value is -0.930. The second-order valence-corrected chi connectivity index (χ2v) is 4.03. The van der Waals surface area contributed by atoms with Crippen molar-refractivity contribution in [3.63, 3.8) is 0 Å². The molecule has 0 amide bonds. The lowest BCUT2D eigenvalue weighted by Crippen LogP contribution is -2.31. The Kier molecular flexibility index (Phi) is 5.29. The molecule has 84 valence electrons. The normalized spacial score (nSPS) is 13.1. The van der Waals surface area contributed by atoms with Gasteiger partial charge in [0.05, 0.1) is 0 Å². The Balaban J connectivity index is 2.47. The van der Waals surface area contributed by atoms with E-state index < -0.39 is 0 Å². The molecule has 3 nitrogen and oxygen atoms in total. The van der Waals surface area contributed by atoms with Gasteiger partial charge in [0.1, 0.15) is 0 Å². The lowest BCUT2D eigenvalue weighted by Gasteiger charge is -2.23. The monoisotopic (exact) mass is 207 g/mol. The van der Waals surface area contributed by atoms with Gasteiger partial charge in [-0.3, -0.25) is 9.88 Å². The van der Waals surface area contributed by atoms with Crippen LogP contribution < -0.4 is 5.73 Å². The molecule has 1 aromatic heterocycles. The van der Waals surface area contributed by atoms with Crippen molar-refractivity contribution in [2.24, 2.45) is 11.7 Å². The summed E-state index contributed by atoms with van der Waals surface area (Å²) in [5, 5.41) is 0. The van der Waals surface area contributed by atoms with Crippen LogP contribution in [0.1, 0.15) is 19.4 Å². The van der Waals surface area contributed by atoms with E-state index in [0.717, 1.165) is 26.2 Å². The topological polar surface area (TPSA) is 42.2 Å². The Morgan fingerprint density at radius 3 is 2.87 bits per heavy atom. The summed E-state index contributed by atoms with van der Waals surface area (Å²) in [5.74, 6) is 0.557. The first-order valence-corrected chi connectivity index (χ1v) is 5.57. The highest BCUT2D eigenvalue weighted by Gasteiger charge is 2.07. The van der Waals surface area contributed by atoms with E-state index in [-0.39, 0.29) is 0 Å². The fraction of sp³-hybridized carbons (Fsp3) is 0.583. The van der Waals surface area contributed by atoms with Crippen LogP contribution in [-0.2, 0) is 6.54 Å². The Labute approximate surface area is 92.3 Å². The number of aromatic nitrogens is 1. The minimum Gasteiger partial charge on any atom is -0.330 e. The molecular formula is C12H21N3. The largest absolute Gasteiger partial charge is 0.330 e. The molecule has 0 fully saturated rings. The van der Waals surface area contributed by atoms with Gasteiger partial charge in [-0.05, 0) is 30.6 Å². The zero-order valence-electron chi connectivity index (χ0n) is 9.69. The van der Waals surface area contributed by atoms with Gasteiger partial charge >= 0.3 is 0 Å². The maximum atomic E-state index is 5.63. The van der Waals surface area contributed by atoms with Gasteiger partial charge in [0, 0.05) is 25.5 Å². The summed E-state index contributed by atoms with van der Waals surface area (Å²) in [6.45, 7) is 8.20. The number of hydrogen-bond acceptors (Lipinski definition) is 3. The molecule has 0 aliphatic carbocycles. The van der Waals surface area contributed by atoms with Crippen molar-refractivity contribution in [3.8, 4) is 0 Å². The van der Waals surface area contributed by atoms with Crippen LogP contribution in [0.2, 0.25) is 0 Å². The lowest BCUT2D eigenvalue weighted by atomic mass is 10.1. The molecular weight excluding hydrogens is 186 g/mol. The van der Waals surface area contributed by atoms with Gasteiger partial charge in [-0.2, -0.15) is 0 Å². The van der Waals surface area contributed by atoms with E-state index in [0.29, 0.717) is 5.92 Å². The molecule has 1 rings (SSSR count). The zero-order valence-corrected chi connectivity index (χ0v) is 9.69. The molecule has 0 saturated heterocycles. The van der Waals surface area contributed by atoms with E-state index >= 15 is 0 Å². The third-order valence-electron chi connectivity index (χ3n) is 2.55. The van der Waals surface area contributed by atoms with E-state index in [2.05, 4.69) is 29.8 Å². The van der Waals surface area contributed by atoms with E-state index in [9.17, 15) is 0 Å². The standard InChI is InChI=1S/C12H21N3/c1-3-15(9-11(2)7-13)10-12-5-4-6-14-8-12/h4-6,8,11H,3,7,9-10,13H2,1-2H3. The van der Waals surface area contributed by atoms with Crippen LogP contribution in [-0.4, -0.2) is 29.5 Å². The predicted molar refractivity (Wildman–Crippen MR) is 63.4 cm³/mol. The van der Waals surface area contributed by atoms with Gasteiger partial charge < -0.3 is 5.73 Å². The molecule has 0 spiro atoms. The maximum absolute atomic E-state index is 5.63. The predicted octanol–water partition coefficient (Wildman–Crippen LogP) is 1.50. The summed E-state index contributed by atoms with van der Waals surface area (Å²) >= 11 is 0.